The number of ether oxygens (including phenoxy) is 1. The zero-order valence-electron chi connectivity index (χ0n) is 12.6. The van der Waals surface area contributed by atoms with Crippen molar-refractivity contribution in [3.63, 3.8) is 0 Å². The van der Waals surface area contributed by atoms with Gasteiger partial charge < -0.3 is 10.1 Å². The molecule has 0 radical (unpaired) electrons. The van der Waals surface area contributed by atoms with Crippen LogP contribution in [-0.4, -0.2) is 40.8 Å². The Hall–Kier alpha value is -1.76. The molecule has 1 amide bonds. The van der Waals surface area contributed by atoms with Crippen LogP contribution in [0.15, 0.2) is 24.3 Å². The highest BCUT2D eigenvalue weighted by Crippen LogP contribution is 2.29. The maximum Gasteiger partial charge on any atom is 0.232 e. The van der Waals surface area contributed by atoms with Gasteiger partial charge in [-0.1, -0.05) is 12.1 Å². The third-order valence-electron chi connectivity index (χ3n) is 2.89. The molecule has 1 aromatic rings. The van der Waals surface area contributed by atoms with Crippen LogP contribution in [0.2, 0.25) is 0 Å². The Labute approximate surface area is 126 Å². The lowest BCUT2D eigenvalue weighted by Gasteiger charge is -2.24. The molecule has 0 aromatic heterocycles. The summed E-state index contributed by atoms with van der Waals surface area (Å²) < 4.78 is 30.4. The maximum atomic E-state index is 12.0. The van der Waals surface area contributed by atoms with Crippen LogP contribution in [0.3, 0.4) is 0 Å². The van der Waals surface area contributed by atoms with E-state index in [2.05, 4.69) is 5.32 Å². The van der Waals surface area contributed by atoms with Crippen LogP contribution < -0.4 is 14.4 Å². The Kier molecular flexibility index (Phi) is 6.48. The summed E-state index contributed by atoms with van der Waals surface area (Å²) in [5.41, 5.74) is 0.485. The van der Waals surface area contributed by atoms with Crippen LogP contribution in [0.1, 0.15) is 19.8 Å². The molecule has 0 heterocycles. The van der Waals surface area contributed by atoms with Crippen molar-refractivity contribution in [1.29, 1.82) is 0 Å². The van der Waals surface area contributed by atoms with E-state index in [0.29, 0.717) is 24.4 Å². The molecule has 1 aromatic carbocycles. The maximum absolute atomic E-state index is 12.0. The number of amides is 1. The van der Waals surface area contributed by atoms with E-state index in [-0.39, 0.29) is 18.9 Å². The first-order valence-corrected chi connectivity index (χ1v) is 8.62. The molecule has 0 atom stereocenters. The van der Waals surface area contributed by atoms with Crippen LogP contribution in [-0.2, 0) is 14.8 Å². The zero-order valence-corrected chi connectivity index (χ0v) is 13.4. The van der Waals surface area contributed by atoms with E-state index in [1.54, 1.807) is 24.3 Å². The molecule has 0 unspecified atom stereocenters. The number of para-hydroxylation sites is 2. The minimum Gasteiger partial charge on any atom is -0.495 e. The number of carbonyl (C=O) groups is 1. The number of carbonyl (C=O) groups excluding carboxylic acids is 1. The Morgan fingerprint density at radius 1 is 1.33 bits per heavy atom. The SMILES string of the molecule is CCNC(=O)CCCN(c1ccccc1OC)S(C)(=O)=O. The Morgan fingerprint density at radius 3 is 2.57 bits per heavy atom. The van der Waals surface area contributed by atoms with Crippen molar-refractivity contribution in [2.75, 3.05) is 30.8 Å². The summed E-state index contributed by atoms with van der Waals surface area (Å²) in [6, 6.07) is 6.92. The molecule has 118 valence electrons. The molecule has 0 saturated heterocycles. The first kappa shape index (κ1) is 17.3. The molecule has 7 heteroatoms. The van der Waals surface area contributed by atoms with E-state index in [0.717, 1.165) is 6.26 Å². The number of hydrogen-bond donors (Lipinski definition) is 1. The van der Waals surface area contributed by atoms with Crippen LogP contribution in [0.5, 0.6) is 5.75 Å². The zero-order chi connectivity index (χ0) is 15.9. The standard InChI is InChI=1S/C14H22N2O4S/c1-4-15-14(17)10-7-11-16(21(3,18)19)12-8-5-6-9-13(12)20-2/h5-6,8-9H,4,7,10-11H2,1-3H3,(H,15,17). The van der Waals surface area contributed by atoms with E-state index in [1.807, 2.05) is 6.92 Å². The number of rotatable bonds is 8. The molecule has 0 fully saturated rings. The lowest BCUT2D eigenvalue weighted by molar-refractivity contribution is -0.121. The number of nitrogens with zero attached hydrogens (tertiary/aromatic N) is 1. The fraction of sp³-hybridized carbons (Fsp3) is 0.500. The number of nitrogens with one attached hydrogen (secondary N) is 1. The van der Waals surface area contributed by atoms with E-state index in [4.69, 9.17) is 4.74 Å². The van der Waals surface area contributed by atoms with E-state index >= 15 is 0 Å². The van der Waals surface area contributed by atoms with Gasteiger partial charge in [-0.25, -0.2) is 8.42 Å². The van der Waals surface area contributed by atoms with Gasteiger partial charge in [-0.05, 0) is 25.5 Å². The predicted molar refractivity (Wildman–Crippen MR) is 83.1 cm³/mol. The quantitative estimate of drug-likeness (QED) is 0.786. The van der Waals surface area contributed by atoms with Gasteiger partial charge in [-0.2, -0.15) is 0 Å². The lowest BCUT2D eigenvalue weighted by atomic mass is 10.2. The molecular formula is C14H22N2O4S. The van der Waals surface area contributed by atoms with Gasteiger partial charge in [0, 0.05) is 19.5 Å². The first-order valence-electron chi connectivity index (χ1n) is 6.77. The molecule has 1 rings (SSSR count). The second-order valence-corrected chi connectivity index (χ2v) is 6.47. The molecular weight excluding hydrogens is 292 g/mol. The summed E-state index contributed by atoms with van der Waals surface area (Å²) in [6.45, 7) is 2.65. The molecule has 6 nitrogen and oxygen atoms in total. The summed E-state index contributed by atoms with van der Waals surface area (Å²) in [4.78, 5) is 11.4. The van der Waals surface area contributed by atoms with Crippen LogP contribution >= 0.6 is 0 Å². The topological polar surface area (TPSA) is 75.7 Å². The third kappa shape index (κ3) is 5.26. The molecule has 0 saturated carbocycles. The fourth-order valence-corrected chi connectivity index (χ4v) is 2.94. The summed E-state index contributed by atoms with van der Waals surface area (Å²) >= 11 is 0. The molecule has 0 bridgehead atoms. The number of methoxy groups -OCH3 is 1. The Balaban J connectivity index is 2.85. The van der Waals surface area contributed by atoms with E-state index in [1.165, 1.54) is 11.4 Å². The summed E-state index contributed by atoms with van der Waals surface area (Å²) in [5.74, 6) is 0.409. The van der Waals surface area contributed by atoms with Gasteiger partial charge in [0.05, 0.1) is 19.1 Å². The highest BCUT2D eigenvalue weighted by molar-refractivity contribution is 7.92. The third-order valence-corrected chi connectivity index (χ3v) is 4.07. The summed E-state index contributed by atoms with van der Waals surface area (Å²) in [6.07, 6.45) is 1.87. The normalized spacial score (nSPS) is 11.0. The average molecular weight is 314 g/mol. The second-order valence-electron chi connectivity index (χ2n) is 4.56. The highest BCUT2D eigenvalue weighted by atomic mass is 32.2. The van der Waals surface area contributed by atoms with E-state index < -0.39 is 10.0 Å². The van der Waals surface area contributed by atoms with Crippen molar-refractivity contribution in [2.45, 2.75) is 19.8 Å². The summed E-state index contributed by atoms with van der Waals surface area (Å²) in [5, 5.41) is 2.69. The number of anilines is 1. The number of benzene rings is 1. The number of hydrogen-bond acceptors (Lipinski definition) is 4. The van der Waals surface area contributed by atoms with Crippen molar-refractivity contribution in [2.24, 2.45) is 0 Å². The van der Waals surface area contributed by atoms with Gasteiger partial charge in [0.15, 0.2) is 0 Å². The smallest absolute Gasteiger partial charge is 0.232 e. The second kappa shape index (κ2) is 7.87. The molecule has 0 aliphatic heterocycles. The van der Waals surface area contributed by atoms with E-state index in [9.17, 15) is 13.2 Å². The summed E-state index contributed by atoms with van der Waals surface area (Å²) in [7, 11) is -1.95. The largest absolute Gasteiger partial charge is 0.495 e. The highest BCUT2D eigenvalue weighted by Gasteiger charge is 2.20. The van der Waals surface area contributed by atoms with Gasteiger partial charge in [-0.15, -0.1) is 0 Å². The van der Waals surface area contributed by atoms with Gasteiger partial charge in [0.2, 0.25) is 15.9 Å². The molecule has 0 spiro atoms. The molecule has 0 aliphatic carbocycles. The Morgan fingerprint density at radius 2 is 2.00 bits per heavy atom. The first-order chi connectivity index (χ1) is 9.90. The van der Waals surface area contributed by atoms with Crippen molar-refractivity contribution in [3.8, 4) is 5.75 Å². The van der Waals surface area contributed by atoms with Crippen LogP contribution in [0, 0.1) is 0 Å². The number of sulfonamides is 1. The van der Waals surface area contributed by atoms with Gasteiger partial charge in [0.25, 0.3) is 0 Å². The van der Waals surface area contributed by atoms with Crippen molar-refractivity contribution in [3.05, 3.63) is 24.3 Å². The predicted octanol–water partition coefficient (Wildman–Crippen LogP) is 1.38. The van der Waals surface area contributed by atoms with Gasteiger partial charge >= 0.3 is 0 Å². The minimum absolute atomic E-state index is 0.0778. The monoisotopic (exact) mass is 314 g/mol. The Bertz CT molecular complexity index is 572. The molecule has 1 N–H and O–H groups in total. The van der Waals surface area contributed by atoms with Gasteiger partial charge in [-0.3, -0.25) is 9.10 Å². The van der Waals surface area contributed by atoms with Crippen LogP contribution in [0.25, 0.3) is 0 Å². The van der Waals surface area contributed by atoms with Gasteiger partial charge in [0.1, 0.15) is 5.75 Å². The van der Waals surface area contributed by atoms with Crippen molar-refractivity contribution < 1.29 is 17.9 Å². The molecule has 0 aliphatic rings. The van der Waals surface area contributed by atoms with Crippen molar-refractivity contribution in [1.82, 2.24) is 5.32 Å². The average Bonchev–Trinajstić information content (AvgIpc) is 2.42. The van der Waals surface area contributed by atoms with Crippen LogP contribution in [0.4, 0.5) is 5.69 Å². The van der Waals surface area contributed by atoms with Crippen molar-refractivity contribution >= 4 is 21.6 Å². The molecule has 21 heavy (non-hydrogen) atoms. The fourth-order valence-electron chi connectivity index (χ4n) is 1.97. The lowest BCUT2D eigenvalue weighted by Crippen LogP contribution is -2.32. The minimum atomic E-state index is -3.44.